The van der Waals surface area contributed by atoms with E-state index < -0.39 is 0 Å². The molecule has 4 rings (SSSR count). The Morgan fingerprint density at radius 1 is 0.962 bits per heavy atom. The van der Waals surface area contributed by atoms with Crippen LogP contribution >= 0.6 is 0 Å². The SMILES string of the molecule is O=C(NC1CCCCCC1)c1ccc(N2CCc3ccccc3C2)nn1. The van der Waals surface area contributed by atoms with Crippen LogP contribution in [0, 0.1) is 0 Å². The monoisotopic (exact) mass is 350 g/mol. The van der Waals surface area contributed by atoms with E-state index in [0.717, 1.165) is 38.2 Å². The Hall–Kier alpha value is -2.43. The summed E-state index contributed by atoms with van der Waals surface area (Å²) in [6, 6.07) is 12.5. The zero-order valence-electron chi connectivity index (χ0n) is 15.2. The Kier molecular flexibility index (Phi) is 5.14. The van der Waals surface area contributed by atoms with Gasteiger partial charge in [0.1, 0.15) is 0 Å². The molecule has 1 N–H and O–H groups in total. The topological polar surface area (TPSA) is 58.1 Å². The average Bonchev–Trinajstić information content (AvgIpc) is 2.96. The number of carbonyl (C=O) groups excluding carboxylic acids is 1. The minimum absolute atomic E-state index is 0.0973. The molecule has 1 aliphatic heterocycles. The zero-order valence-corrected chi connectivity index (χ0v) is 15.2. The van der Waals surface area contributed by atoms with E-state index in [-0.39, 0.29) is 11.9 Å². The molecule has 26 heavy (non-hydrogen) atoms. The van der Waals surface area contributed by atoms with E-state index in [9.17, 15) is 4.79 Å². The fraction of sp³-hybridized carbons (Fsp3) is 0.476. The second-order valence-electron chi connectivity index (χ2n) is 7.38. The number of anilines is 1. The maximum atomic E-state index is 12.4. The van der Waals surface area contributed by atoms with Gasteiger partial charge in [0.25, 0.3) is 5.91 Å². The number of nitrogens with one attached hydrogen (secondary N) is 1. The smallest absolute Gasteiger partial charge is 0.272 e. The second-order valence-corrected chi connectivity index (χ2v) is 7.38. The molecule has 0 spiro atoms. The molecule has 0 atom stereocenters. The van der Waals surface area contributed by atoms with E-state index in [1.165, 1.54) is 36.8 Å². The summed E-state index contributed by atoms with van der Waals surface area (Å²) in [7, 11) is 0. The summed E-state index contributed by atoms with van der Waals surface area (Å²) < 4.78 is 0. The van der Waals surface area contributed by atoms with Crippen LogP contribution < -0.4 is 10.2 Å². The van der Waals surface area contributed by atoms with Crippen LogP contribution in [-0.2, 0) is 13.0 Å². The highest BCUT2D eigenvalue weighted by Crippen LogP contribution is 2.22. The lowest BCUT2D eigenvalue weighted by Gasteiger charge is -2.29. The van der Waals surface area contributed by atoms with Crippen molar-refractivity contribution < 1.29 is 4.79 Å². The van der Waals surface area contributed by atoms with Crippen LogP contribution in [-0.4, -0.2) is 28.7 Å². The van der Waals surface area contributed by atoms with E-state index in [1.807, 2.05) is 6.07 Å². The Bertz CT molecular complexity index is 751. The van der Waals surface area contributed by atoms with Crippen LogP contribution in [0.15, 0.2) is 36.4 Å². The van der Waals surface area contributed by atoms with Crippen molar-refractivity contribution in [3.63, 3.8) is 0 Å². The lowest BCUT2D eigenvalue weighted by molar-refractivity contribution is 0.0927. The van der Waals surface area contributed by atoms with Crippen LogP contribution in [0.2, 0.25) is 0 Å². The van der Waals surface area contributed by atoms with Crippen molar-refractivity contribution in [2.45, 2.75) is 57.5 Å². The largest absolute Gasteiger partial charge is 0.350 e. The molecule has 1 saturated carbocycles. The summed E-state index contributed by atoms with van der Waals surface area (Å²) in [4.78, 5) is 14.7. The van der Waals surface area contributed by atoms with E-state index >= 15 is 0 Å². The third-order valence-corrected chi connectivity index (χ3v) is 5.53. The summed E-state index contributed by atoms with van der Waals surface area (Å²) in [6.07, 6.45) is 8.12. The number of hydrogen-bond donors (Lipinski definition) is 1. The van der Waals surface area contributed by atoms with Gasteiger partial charge in [-0.1, -0.05) is 49.9 Å². The highest BCUT2D eigenvalue weighted by molar-refractivity contribution is 5.92. The maximum absolute atomic E-state index is 12.4. The molecule has 5 heteroatoms. The van der Waals surface area contributed by atoms with E-state index in [4.69, 9.17) is 0 Å². The Morgan fingerprint density at radius 2 is 1.73 bits per heavy atom. The summed E-state index contributed by atoms with van der Waals surface area (Å²) >= 11 is 0. The number of fused-ring (bicyclic) bond motifs is 1. The minimum Gasteiger partial charge on any atom is -0.350 e. The van der Waals surface area contributed by atoms with Crippen molar-refractivity contribution >= 4 is 11.7 Å². The van der Waals surface area contributed by atoms with Crippen molar-refractivity contribution in [3.8, 4) is 0 Å². The molecule has 0 bridgehead atoms. The number of carbonyl (C=O) groups is 1. The Labute approximate surface area is 154 Å². The average molecular weight is 350 g/mol. The minimum atomic E-state index is -0.0973. The lowest BCUT2D eigenvalue weighted by atomic mass is 10.00. The predicted octanol–water partition coefficient (Wildman–Crippen LogP) is 3.49. The van der Waals surface area contributed by atoms with Gasteiger partial charge in [-0.15, -0.1) is 10.2 Å². The van der Waals surface area contributed by atoms with Gasteiger partial charge < -0.3 is 10.2 Å². The highest BCUT2D eigenvalue weighted by Gasteiger charge is 2.19. The van der Waals surface area contributed by atoms with Crippen LogP contribution in [0.1, 0.15) is 60.1 Å². The van der Waals surface area contributed by atoms with Crippen LogP contribution in [0.5, 0.6) is 0 Å². The molecule has 1 aliphatic carbocycles. The standard InChI is InChI=1S/C21H26N4O/c26-21(22-18-9-3-1-2-4-10-18)19-11-12-20(24-23-19)25-14-13-16-7-5-6-8-17(16)15-25/h5-8,11-12,18H,1-4,9-10,13-15H2,(H,22,26). The summed E-state index contributed by atoms with van der Waals surface area (Å²) in [5.74, 6) is 0.741. The van der Waals surface area contributed by atoms with E-state index in [0.29, 0.717) is 5.69 Å². The zero-order chi connectivity index (χ0) is 17.8. The summed E-state index contributed by atoms with van der Waals surface area (Å²) in [5, 5.41) is 11.7. The number of amides is 1. The molecule has 2 aromatic rings. The predicted molar refractivity (Wildman–Crippen MR) is 102 cm³/mol. The summed E-state index contributed by atoms with van der Waals surface area (Å²) in [5.41, 5.74) is 3.17. The molecule has 0 saturated heterocycles. The van der Waals surface area contributed by atoms with Crippen LogP contribution in [0.4, 0.5) is 5.82 Å². The van der Waals surface area contributed by atoms with Crippen molar-refractivity contribution in [2.75, 3.05) is 11.4 Å². The van der Waals surface area contributed by atoms with Gasteiger partial charge >= 0.3 is 0 Å². The van der Waals surface area contributed by atoms with Gasteiger partial charge in [0, 0.05) is 19.1 Å². The quantitative estimate of drug-likeness (QED) is 0.861. The molecule has 1 fully saturated rings. The van der Waals surface area contributed by atoms with Crippen LogP contribution in [0.3, 0.4) is 0 Å². The van der Waals surface area contributed by atoms with Gasteiger partial charge in [-0.3, -0.25) is 4.79 Å². The van der Waals surface area contributed by atoms with Gasteiger partial charge in [-0.05, 0) is 42.5 Å². The van der Waals surface area contributed by atoms with Crippen LogP contribution in [0.25, 0.3) is 0 Å². The third-order valence-electron chi connectivity index (χ3n) is 5.53. The van der Waals surface area contributed by atoms with Gasteiger partial charge in [0.15, 0.2) is 11.5 Å². The first kappa shape index (κ1) is 17.0. The van der Waals surface area contributed by atoms with Gasteiger partial charge in [0.2, 0.25) is 0 Å². The van der Waals surface area contributed by atoms with E-state index in [2.05, 4.69) is 44.7 Å². The first-order valence-electron chi connectivity index (χ1n) is 9.76. The third kappa shape index (κ3) is 3.87. The molecule has 1 amide bonds. The first-order chi connectivity index (χ1) is 12.8. The van der Waals surface area contributed by atoms with Crippen molar-refractivity contribution in [2.24, 2.45) is 0 Å². The molecule has 0 radical (unpaired) electrons. The highest BCUT2D eigenvalue weighted by atomic mass is 16.2. The molecular formula is C21H26N4O. The van der Waals surface area contributed by atoms with Crippen molar-refractivity contribution in [1.29, 1.82) is 0 Å². The summed E-state index contributed by atoms with van der Waals surface area (Å²) in [6.45, 7) is 1.78. The molecule has 136 valence electrons. The van der Waals surface area contributed by atoms with Gasteiger partial charge in [-0.2, -0.15) is 0 Å². The molecule has 1 aromatic carbocycles. The lowest BCUT2D eigenvalue weighted by Crippen LogP contribution is -2.35. The number of nitrogens with zero attached hydrogens (tertiary/aromatic N) is 3. The second kappa shape index (κ2) is 7.85. The fourth-order valence-corrected chi connectivity index (χ4v) is 3.99. The molecule has 0 unspecified atom stereocenters. The number of rotatable bonds is 3. The molecule has 1 aromatic heterocycles. The Balaban J connectivity index is 1.40. The molecule has 5 nitrogen and oxygen atoms in total. The maximum Gasteiger partial charge on any atom is 0.272 e. The first-order valence-corrected chi connectivity index (χ1v) is 9.76. The normalized spacial score (nSPS) is 18.1. The molecule has 2 aliphatic rings. The van der Waals surface area contributed by atoms with Gasteiger partial charge in [0.05, 0.1) is 0 Å². The van der Waals surface area contributed by atoms with Gasteiger partial charge in [-0.25, -0.2) is 0 Å². The van der Waals surface area contributed by atoms with E-state index in [1.54, 1.807) is 6.07 Å². The number of hydrogen-bond acceptors (Lipinski definition) is 4. The van der Waals surface area contributed by atoms with Crippen molar-refractivity contribution in [3.05, 3.63) is 53.2 Å². The molecule has 2 heterocycles. The Morgan fingerprint density at radius 3 is 2.46 bits per heavy atom. The van der Waals surface area contributed by atoms with Crippen molar-refractivity contribution in [1.82, 2.24) is 15.5 Å². The molecular weight excluding hydrogens is 324 g/mol. The number of aromatic nitrogens is 2. The fourth-order valence-electron chi connectivity index (χ4n) is 3.99. The number of benzene rings is 1.